The Labute approximate surface area is 114 Å². The fourth-order valence-electron chi connectivity index (χ4n) is 1.87. The molecule has 3 rings (SSSR count). The summed E-state index contributed by atoms with van der Waals surface area (Å²) in [6.07, 6.45) is 1.58. The Bertz CT molecular complexity index is 701. The molecule has 6 nitrogen and oxygen atoms in total. The molecule has 0 amide bonds. The first-order chi connectivity index (χ1) is 9.26. The van der Waals surface area contributed by atoms with E-state index in [-0.39, 0.29) is 0 Å². The van der Waals surface area contributed by atoms with Crippen LogP contribution in [0.25, 0.3) is 11.0 Å². The third kappa shape index (κ3) is 2.41. The summed E-state index contributed by atoms with van der Waals surface area (Å²) in [5, 5.41) is 5.01. The SMILES string of the molecule is CCn1ncnc1CSc1nc2ccc(N)cc2[nH]1. The van der Waals surface area contributed by atoms with Crippen LogP contribution in [0.4, 0.5) is 5.69 Å². The summed E-state index contributed by atoms with van der Waals surface area (Å²) in [7, 11) is 0. The van der Waals surface area contributed by atoms with E-state index >= 15 is 0 Å². The number of H-pyrrole nitrogens is 1. The minimum absolute atomic E-state index is 0.735. The van der Waals surface area contributed by atoms with E-state index < -0.39 is 0 Å². The zero-order valence-corrected chi connectivity index (χ0v) is 11.3. The molecular formula is C12H14N6S. The zero-order valence-electron chi connectivity index (χ0n) is 10.5. The molecule has 0 spiro atoms. The molecule has 1 aromatic carbocycles. The molecule has 0 radical (unpaired) electrons. The number of hydrogen-bond donors (Lipinski definition) is 2. The average molecular weight is 274 g/mol. The highest BCUT2D eigenvalue weighted by molar-refractivity contribution is 7.98. The lowest BCUT2D eigenvalue weighted by molar-refractivity contribution is 0.632. The number of nitrogens with zero attached hydrogens (tertiary/aromatic N) is 4. The number of nitrogens with one attached hydrogen (secondary N) is 1. The topological polar surface area (TPSA) is 85.4 Å². The van der Waals surface area contributed by atoms with Crippen molar-refractivity contribution >= 4 is 28.5 Å². The number of aromatic nitrogens is 5. The molecule has 0 saturated carbocycles. The fraction of sp³-hybridized carbons (Fsp3) is 0.250. The van der Waals surface area contributed by atoms with Crippen molar-refractivity contribution < 1.29 is 0 Å². The number of nitrogen functional groups attached to an aromatic ring is 1. The highest BCUT2D eigenvalue weighted by Gasteiger charge is 2.07. The second-order valence-corrected chi connectivity index (χ2v) is 5.06. The van der Waals surface area contributed by atoms with Crippen LogP contribution in [0.1, 0.15) is 12.7 Å². The quantitative estimate of drug-likeness (QED) is 0.562. The molecule has 0 saturated heterocycles. The van der Waals surface area contributed by atoms with Crippen molar-refractivity contribution in [1.29, 1.82) is 0 Å². The molecule has 19 heavy (non-hydrogen) atoms. The monoisotopic (exact) mass is 274 g/mol. The minimum atomic E-state index is 0.735. The van der Waals surface area contributed by atoms with Gasteiger partial charge in [-0.2, -0.15) is 5.10 Å². The average Bonchev–Trinajstić information content (AvgIpc) is 3.01. The van der Waals surface area contributed by atoms with E-state index in [1.807, 2.05) is 29.8 Å². The molecule has 7 heteroatoms. The Morgan fingerprint density at radius 3 is 3.16 bits per heavy atom. The lowest BCUT2D eigenvalue weighted by Gasteiger charge is -2.00. The molecule has 98 valence electrons. The molecule has 0 unspecified atom stereocenters. The molecule has 3 aromatic rings. The van der Waals surface area contributed by atoms with E-state index in [1.54, 1.807) is 18.1 Å². The number of hydrogen-bond acceptors (Lipinski definition) is 5. The summed E-state index contributed by atoms with van der Waals surface area (Å²) in [6, 6.07) is 5.66. The van der Waals surface area contributed by atoms with Crippen LogP contribution in [0.3, 0.4) is 0 Å². The van der Waals surface area contributed by atoms with Crippen LogP contribution in [0.15, 0.2) is 29.7 Å². The van der Waals surface area contributed by atoms with Gasteiger partial charge in [-0.05, 0) is 25.1 Å². The van der Waals surface area contributed by atoms with Crippen molar-refractivity contribution in [2.45, 2.75) is 24.4 Å². The summed E-state index contributed by atoms with van der Waals surface area (Å²) < 4.78 is 1.88. The highest BCUT2D eigenvalue weighted by Crippen LogP contribution is 2.23. The van der Waals surface area contributed by atoms with Crippen molar-refractivity contribution in [1.82, 2.24) is 24.7 Å². The number of imidazole rings is 1. The smallest absolute Gasteiger partial charge is 0.166 e. The Morgan fingerprint density at radius 2 is 2.32 bits per heavy atom. The van der Waals surface area contributed by atoms with Gasteiger partial charge in [-0.1, -0.05) is 11.8 Å². The van der Waals surface area contributed by atoms with E-state index in [1.165, 1.54) is 0 Å². The summed E-state index contributed by atoms with van der Waals surface area (Å²) in [5.74, 6) is 1.69. The van der Waals surface area contributed by atoms with Crippen molar-refractivity contribution in [2.75, 3.05) is 5.73 Å². The van der Waals surface area contributed by atoms with E-state index in [9.17, 15) is 0 Å². The van der Waals surface area contributed by atoms with Crippen molar-refractivity contribution in [3.05, 3.63) is 30.4 Å². The number of rotatable bonds is 4. The van der Waals surface area contributed by atoms with Crippen LogP contribution >= 0.6 is 11.8 Å². The van der Waals surface area contributed by atoms with E-state index in [4.69, 9.17) is 5.73 Å². The maximum absolute atomic E-state index is 5.75. The fourth-order valence-corrected chi connectivity index (χ4v) is 2.70. The van der Waals surface area contributed by atoms with E-state index in [0.29, 0.717) is 0 Å². The molecule has 0 aliphatic heterocycles. The molecule has 0 fully saturated rings. The standard InChI is InChI=1S/C12H14N6S/c1-2-18-11(14-7-15-18)6-19-12-16-9-4-3-8(13)5-10(9)17-12/h3-5,7H,2,6,13H2,1H3,(H,16,17). The Kier molecular flexibility index (Phi) is 3.12. The lowest BCUT2D eigenvalue weighted by atomic mass is 10.3. The van der Waals surface area contributed by atoms with Crippen LogP contribution in [-0.4, -0.2) is 24.7 Å². The molecular weight excluding hydrogens is 260 g/mol. The lowest BCUT2D eigenvalue weighted by Crippen LogP contribution is -2.02. The van der Waals surface area contributed by atoms with Gasteiger partial charge < -0.3 is 10.7 Å². The van der Waals surface area contributed by atoms with Crippen LogP contribution in [-0.2, 0) is 12.3 Å². The van der Waals surface area contributed by atoms with Crippen LogP contribution < -0.4 is 5.73 Å². The number of fused-ring (bicyclic) bond motifs is 1. The van der Waals surface area contributed by atoms with Crippen LogP contribution in [0.5, 0.6) is 0 Å². The predicted octanol–water partition coefficient (Wildman–Crippen LogP) is 2.05. The minimum Gasteiger partial charge on any atom is -0.399 e. The number of benzene rings is 1. The van der Waals surface area contributed by atoms with Gasteiger partial charge in [-0.15, -0.1) is 0 Å². The third-order valence-corrected chi connectivity index (χ3v) is 3.69. The van der Waals surface area contributed by atoms with Crippen LogP contribution in [0, 0.1) is 0 Å². The normalized spacial score (nSPS) is 11.2. The zero-order chi connectivity index (χ0) is 13.2. The molecule has 2 aromatic heterocycles. The first-order valence-corrected chi connectivity index (χ1v) is 6.99. The van der Waals surface area contributed by atoms with Crippen molar-refractivity contribution in [2.24, 2.45) is 0 Å². The molecule has 0 bridgehead atoms. The summed E-state index contributed by atoms with van der Waals surface area (Å²) >= 11 is 1.61. The van der Waals surface area contributed by atoms with Crippen molar-refractivity contribution in [3.63, 3.8) is 0 Å². The second-order valence-electron chi connectivity index (χ2n) is 4.10. The number of aromatic amines is 1. The number of aryl methyl sites for hydroxylation is 1. The summed E-state index contributed by atoms with van der Waals surface area (Å²) in [5.41, 5.74) is 8.36. The Balaban J connectivity index is 1.78. The Hall–Kier alpha value is -2.02. The van der Waals surface area contributed by atoms with Gasteiger partial charge in [-0.3, -0.25) is 0 Å². The number of anilines is 1. The van der Waals surface area contributed by atoms with Gasteiger partial charge in [0.1, 0.15) is 12.2 Å². The molecule has 0 aliphatic carbocycles. The molecule has 3 N–H and O–H groups in total. The predicted molar refractivity (Wildman–Crippen MR) is 75.8 cm³/mol. The van der Waals surface area contributed by atoms with Gasteiger partial charge in [0.05, 0.1) is 16.8 Å². The Morgan fingerprint density at radius 1 is 1.42 bits per heavy atom. The number of thioether (sulfide) groups is 1. The van der Waals surface area contributed by atoms with E-state index in [0.717, 1.165) is 40.0 Å². The summed E-state index contributed by atoms with van der Waals surface area (Å²) in [4.78, 5) is 12.0. The molecule has 2 heterocycles. The van der Waals surface area contributed by atoms with Gasteiger partial charge in [0.2, 0.25) is 0 Å². The van der Waals surface area contributed by atoms with Crippen molar-refractivity contribution in [3.8, 4) is 0 Å². The van der Waals surface area contributed by atoms with Gasteiger partial charge in [-0.25, -0.2) is 14.6 Å². The number of nitrogens with two attached hydrogens (primary N) is 1. The molecule has 0 atom stereocenters. The molecule has 0 aliphatic rings. The largest absolute Gasteiger partial charge is 0.399 e. The maximum atomic E-state index is 5.75. The van der Waals surface area contributed by atoms with Gasteiger partial charge >= 0.3 is 0 Å². The van der Waals surface area contributed by atoms with Gasteiger partial charge in [0, 0.05) is 12.2 Å². The first-order valence-electron chi connectivity index (χ1n) is 6.01. The van der Waals surface area contributed by atoms with Crippen LogP contribution in [0.2, 0.25) is 0 Å². The van der Waals surface area contributed by atoms with E-state index in [2.05, 4.69) is 20.1 Å². The van der Waals surface area contributed by atoms with Gasteiger partial charge in [0.15, 0.2) is 5.16 Å². The maximum Gasteiger partial charge on any atom is 0.166 e. The van der Waals surface area contributed by atoms with Gasteiger partial charge in [0.25, 0.3) is 0 Å². The third-order valence-electron chi connectivity index (χ3n) is 2.82. The summed E-state index contributed by atoms with van der Waals surface area (Å²) in [6.45, 7) is 2.87. The second kappa shape index (κ2) is 4.93. The highest BCUT2D eigenvalue weighted by atomic mass is 32.2. The first kappa shape index (κ1) is 12.0.